The number of hydrogen-bond acceptors (Lipinski definition) is 3. The van der Waals surface area contributed by atoms with Crippen LogP contribution >= 0.6 is 11.6 Å². The quantitative estimate of drug-likeness (QED) is 0.548. The summed E-state index contributed by atoms with van der Waals surface area (Å²) in [6.07, 6.45) is 7.81. The van der Waals surface area contributed by atoms with Crippen molar-refractivity contribution >= 4 is 28.5 Å². The molecular weight excluding hydrogens is 448 g/mol. The Balaban J connectivity index is 1.46. The van der Waals surface area contributed by atoms with E-state index in [1.807, 2.05) is 0 Å². The normalized spacial score (nSPS) is 27.8. The smallest absolute Gasteiger partial charge is 0.257 e. The first-order valence-corrected chi connectivity index (χ1v) is 11.7. The molecule has 4 saturated carbocycles. The van der Waals surface area contributed by atoms with E-state index in [1.165, 1.54) is 48.2 Å². The molecule has 0 unspecified atom stereocenters. The number of nitrogens with zero attached hydrogens (tertiary/aromatic N) is 2. The Morgan fingerprint density at radius 3 is 2.36 bits per heavy atom. The lowest BCUT2D eigenvalue weighted by Crippen LogP contribution is -2.60. The summed E-state index contributed by atoms with van der Waals surface area (Å²) in [5.74, 6) is -0.144. The number of halogens is 3. The number of hydrogen-bond donors (Lipinski definition) is 1. The van der Waals surface area contributed by atoms with Crippen LogP contribution in [-0.2, 0) is 0 Å². The van der Waals surface area contributed by atoms with E-state index in [4.69, 9.17) is 11.6 Å². The highest BCUT2D eigenvalue weighted by molar-refractivity contribution is 6.29. The van der Waals surface area contributed by atoms with Gasteiger partial charge in [-0.15, -0.1) is 0 Å². The van der Waals surface area contributed by atoms with E-state index in [0.717, 1.165) is 31.4 Å². The van der Waals surface area contributed by atoms with Gasteiger partial charge in [0.1, 0.15) is 28.0 Å². The van der Waals surface area contributed by atoms with Gasteiger partial charge in [0.2, 0.25) is 5.43 Å². The summed E-state index contributed by atoms with van der Waals surface area (Å²) in [6, 6.07) is 6.04. The van der Waals surface area contributed by atoms with Gasteiger partial charge in [-0.2, -0.15) is 0 Å². The molecule has 2 heterocycles. The van der Waals surface area contributed by atoms with Crippen LogP contribution < -0.4 is 10.7 Å². The van der Waals surface area contributed by atoms with E-state index < -0.39 is 23.0 Å². The highest BCUT2D eigenvalue weighted by Crippen LogP contribution is 2.55. The highest BCUT2D eigenvalue weighted by atomic mass is 35.5. The number of rotatable bonds is 3. The van der Waals surface area contributed by atoms with E-state index in [0.29, 0.717) is 17.8 Å². The molecule has 7 rings (SSSR count). The minimum Gasteiger partial charge on any atom is -0.346 e. The third-order valence-electron chi connectivity index (χ3n) is 7.65. The Bertz CT molecular complexity index is 1330. The maximum absolute atomic E-state index is 14.7. The SMILES string of the molecule is O=C(NC12CC3CC(CC(C3)C1)C2)c1cn(-c2ccc(F)cc2F)c2nc(Cl)ccc2c1=O. The van der Waals surface area contributed by atoms with Crippen molar-refractivity contribution in [2.45, 2.75) is 44.1 Å². The van der Waals surface area contributed by atoms with Crippen molar-refractivity contribution in [1.29, 1.82) is 0 Å². The molecule has 1 amide bonds. The van der Waals surface area contributed by atoms with E-state index in [1.54, 1.807) is 0 Å². The average molecular weight is 470 g/mol. The van der Waals surface area contributed by atoms with Crippen LogP contribution in [0.2, 0.25) is 5.15 Å². The molecule has 0 aliphatic heterocycles. The first kappa shape index (κ1) is 20.8. The Morgan fingerprint density at radius 1 is 1.06 bits per heavy atom. The second kappa shape index (κ2) is 7.35. The van der Waals surface area contributed by atoms with E-state index in [-0.39, 0.29) is 33.0 Å². The number of nitrogens with one attached hydrogen (secondary N) is 1. The number of benzene rings is 1. The monoisotopic (exact) mass is 469 g/mol. The van der Waals surface area contributed by atoms with Crippen molar-refractivity contribution in [3.05, 3.63) is 69.1 Å². The Kier molecular flexibility index (Phi) is 4.63. The van der Waals surface area contributed by atoms with Crippen LogP contribution in [0.4, 0.5) is 8.78 Å². The fraction of sp³-hybridized carbons (Fsp3) is 0.400. The topological polar surface area (TPSA) is 64.0 Å². The summed E-state index contributed by atoms with van der Waals surface area (Å²) in [6.45, 7) is 0. The minimum atomic E-state index is -0.839. The molecule has 4 fully saturated rings. The second-order valence-electron chi connectivity index (χ2n) is 9.99. The van der Waals surface area contributed by atoms with Gasteiger partial charge >= 0.3 is 0 Å². The maximum Gasteiger partial charge on any atom is 0.257 e. The van der Waals surface area contributed by atoms with Crippen molar-refractivity contribution in [2.75, 3.05) is 0 Å². The van der Waals surface area contributed by atoms with Crippen LogP contribution in [0, 0.1) is 29.4 Å². The van der Waals surface area contributed by atoms with Gasteiger partial charge in [-0.05, 0) is 80.5 Å². The first-order chi connectivity index (χ1) is 15.8. The molecular formula is C25H22ClF2N3O2. The molecule has 33 heavy (non-hydrogen) atoms. The van der Waals surface area contributed by atoms with Crippen LogP contribution in [0.5, 0.6) is 0 Å². The minimum absolute atomic E-state index is 0.0278. The van der Waals surface area contributed by atoms with E-state index >= 15 is 0 Å². The van der Waals surface area contributed by atoms with Crippen molar-refractivity contribution in [3.63, 3.8) is 0 Å². The number of amides is 1. The Morgan fingerprint density at radius 2 is 1.73 bits per heavy atom. The third kappa shape index (κ3) is 3.44. The molecule has 0 atom stereocenters. The lowest BCUT2D eigenvalue weighted by Gasteiger charge is -2.56. The zero-order valence-electron chi connectivity index (χ0n) is 17.8. The molecule has 5 nitrogen and oxygen atoms in total. The Labute approximate surface area is 193 Å². The lowest BCUT2D eigenvalue weighted by molar-refractivity contribution is -0.0167. The van der Waals surface area contributed by atoms with Crippen LogP contribution in [0.3, 0.4) is 0 Å². The number of pyridine rings is 2. The highest BCUT2D eigenvalue weighted by Gasteiger charge is 2.51. The molecule has 0 spiro atoms. The largest absolute Gasteiger partial charge is 0.346 e. The van der Waals surface area contributed by atoms with Crippen LogP contribution in [0.15, 0.2) is 41.3 Å². The number of carbonyl (C=O) groups excluding carboxylic acids is 1. The van der Waals surface area contributed by atoms with Gasteiger partial charge in [0.25, 0.3) is 5.91 Å². The van der Waals surface area contributed by atoms with Crippen molar-refractivity contribution in [2.24, 2.45) is 17.8 Å². The molecule has 2 aromatic heterocycles. The van der Waals surface area contributed by atoms with Gasteiger partial charge < -0.3 is 5.32 Å². The molecule has 4 aliphatic rings. The van der Waals surface area contributed by atoms with Gasteiger partial charge in [-0.1, -0.05) is 11.6 Å². The van der Waals surface area contributed by atoms with Crippen LogP contribution in [0.25, 0.3) is 16.7 Å². The number of fused-ring (bicyclic) bond motifs is 1. The molecule has 0 saturated heterocycles. The molecule has 3 aromatic rings. The second-order valence-corrected chi connectivity index (χ2v) is 10.4. The zero-order chi connectivity index (χ0) is 22.9. The molecule has 1 N–H and O–H groups in total. The molecule has 170 valence electrons. The van der Waals surface area contributed by atoms with Crippen molar-refractivity contribution in [3.8, 4) is 5.69 Å². The van der Waals surface area contributed by atoms with Gasteiger partial charge in [0.15, 0.2) is 0 Å². The van der Waals surface area contributed by atoms with E-state index in [2.05, 4.69) is 10.3 Å². The average Bonchev–Trinajstić information content (AvgIpc) is 2.73. The zero-order valence-corrected chi connectivity index (χ0v) is 18.5. The van der Waals surface area contributed by atoms with Gasteiger partial charge in [0.05, 0.1) is 11.1 Å². The maximum atomic E-state index is 14.7. The van der Waals surface area contributed by atoms with Crippen molar-refractivity contribution in [1.82, 2.24) is 14.9 Å². The fourth-order valence-corrected chi connectivity index (χ4v) is 6.92. The summed E-state index contributed by atoms with van der Waals surface area (Å²) in [7, 11) is 0. The van der Waals surface area contributed by atoms with Gasteiger partial charge in [-0.25, -0.2) is 13.8 Å². The third-order valence-corrected chi connectivity index (χ3v) is 7.86. The predicted molar refractivity (Wildman–Crippen MR) is 121 cm³/mol. The summed E-state index contributed by atoms with van der Waals surface area (Å²) in [5.41, 5.74) is -0.789. The molecule has 4 aliphatic carbocycles. The number of aromatic nitrogens is 2. The summed E-state index contributed by atoms with van der Waals surface area (Å²) in [5, 5.41) is 3.46. The molecule has 8 heteroatoms. The van der Waals surface area contributed by atoms with Crippen molar-refractivity contribution < 1.29 is 13.6 Å². The van der Waals surface area contributed by atoms with E-state index in [9.17, 15) is 18.4 Å². The van der Waals surface area contributed by atoms with Crippen LogP contribution in [0.1, 0.15) is 48.9 Å². The first-order valence-electron chi connectivity index (χ1n) is 11.3. The van der Waals surface area contributed by atoms with Crippen LogP contribution in [-0.4, -0.2) is 21.0 Å². The summed E-state index contributed by atoms with van der Waals surface area (Å²) >= 11 is 6.04. The molecule has 0 radical (unpaired) electrons. The van der Waals surface area contributed by atoms with Gasteiger partial charge in [0, 0.05) is 17.8 Å². The molecule has 4 bridgehead atoms. The lowest BCUT2D eigenvalue weighted by atomic mass is 9.53. The fourth-order valence-electron chi connectivity index (χ4n) is 6.77. The van der Waals surface area contributed by atoms with Gasteiger partial charge in [-0.3, -0.25) is 14.2 Å². The summed E-state index contributed by atoms with van der Waals surface area (Å²) < 4.78 is 29.5. The predicted octanol–water partition coefficient (Wildman–Crippen LogP) is 5.02. The molecule has 1 aromatic carbocycles. The summed E-state index contributed by atoms with van der Waals surface area (Å²) in [4.78, 5) is 30.9. The standard InChI is InChI=1S/C25H22ClF2N3O2/c26-21-4-2-17-22(32)18(12-31(23(17)29-21)20-3-1-16(27)8-19(20)28)24(33)30-25-9-13-5-14(10-25)7-15(6-13)11-25/h1-4,8,12-15H,5-7,9-11H2,(H,30,33). The Hall–Kier alpha value is -2.80. The number of carbonyl (C=O) groups is 1.